The fourth-order valence-corrected chi connectivity index (χ4v) is 1.69. The molecule has 0 aliphatic rings. The molecule has 0 aliphatic heterocycles. The summed E-state index contributed by atoms with van der Waals surface area (Å²) in [5.74, 6) is 0.702. The number of esters is 1. The molecule has 108 valence electrons. The Morgan fingerprint density at radius 1 is 1.14 bits per heavy atom. The summed E-state index contributed by atoms with van der Waals surface area (Å²) >= 11 is 0. The predicted octanol–water partition coefficient (Wildman–Crippen LogP) is 3.03. The van der Waals surface area contributed by atoms with Crippen molar-refractivity contribution in [3.63, 3.8) is 0 Å². The Labute approximate surface area is 122 Å². The van der Waals surface area contributed by atoms with E-state index < -0.39 is 5.97 Å². The van der Waals surface area contributed by atoms with Gasteiger partial charge in [0.05, 0.1) is 12.7 Å². The molecule has 1 aromatic carbocycles. The number of furan rings is 1. The minimum absolute atomic E-state index is 0.283. The van der Waals surface area contributed by atoms with Gasteiger partial charge in [-0.05, 0) is 49.4 Å². The molecular weight excluding hydrogens is 270 g/mol. The molecule has 0 fully saturated rings. The molecule has 21 heavy (non-hydrogen) atoms. The topological polar surface area (TPSA) is 68.5 Å². The average molecular weight is 285 g/mol. The maximum atomic E-state index is 11.7. The van der Waals surface area contributed by atoms with Crippen LogP contribution in [0.1, 0.15) is 21.9 Å². The Hall–Kier alpha value is -2.82. The number of carbonyl (C=O) groups excluding carboxylic acids is 2. The van der Waals surface area contributed by atoms with Gasteiger partial charge in [-0.3, -0.25) is 4.79 Å². The normalized spacial score (nSPS) is 10.6. The third-order valence-electron chi connectivity index (χ3n) is 2.73. The van der Waals surface area contributed by atoms with Crippen LogP contribution in [0.3, 0.4) is 0 Å². The van der Waals surface area contributed by atoms with Crippen LogP contribution in [0, 0.1) is 6.92 Å². The fraction of sp³-hybridized carbons (Fsp3) is 0.125. The fourth-order valence-electron chi connectivity index (χ4n) is 1.69. The number of carbonyl (C=O) groups is 2. The Morgan fingerprint density at radius 3 is 2.43 bits per heavy atom. The molecule has 0 unspecified atom stereocenters. The third-order valence-corrected chi connectivity index (χ3v) is 2.73. The van der Waals surface area contributed by atoms with Crippen molar-refractivity contribution in [3.05, 3.63) is 59.6 Å². The summed E-state index contributed by atoms with van der Waals surface area (Å²) < 4.78 is 9.92. The molecule has 5 heteroatoms. The van der Waals surface area contributed by atoms with Crippen molar-refractivity contribution in [3.8, 4) is 0 Å². The Morgan fingerprint density at radius 2 is 1.86 bits per heavy atom. The maximum Gasteiger partial charge on any atom is 0.337 e. The van der Waals surface area contributed by atoms with Crippen LogP contribution in [0.25, 0.3) is 6.08 Å². The monoisotopic (exact) mass is 285 g/mol. The number of ether oxygens (including phenoxy) is 1. The second-order valence-corrected chi connectivity index (χ2v) is 4.34. The van der Waals surface area contributed by atoms with Gasteiger partial charge in [0.25, 0.3) is 0 Å². The number of nitrogens with one attached hydrogen (secondary N) is 1. The van der Waals surface area contributed by atoms with E-state index in [-0.39, 0.29) is 5.91 Å². The lowest BCUT2D eigenvalue weighted by atomic mass is 10.2. The zero-order valence-electron chi connectivity index (χ0n) is 11.8. The first-order chi connectivity index (χ1) is 10.1. The van der Waals surface area contributed by atoms with Crippen LogP contribution in [0.5, 0.6) is 0 Å². The van der Waals surface area contributed by atoms with Crippen molar-refractivity contribution in [1.29, 1.82) is 0 Å². The lowest BCUT2D eigenvalue weighted by Crippen LogP contribution is -2.08. The highest BCUT2D eigenvalue weighted by molar-refractivity contribution is 6.02. The molecule has 0 atom stereocenters. The number of anilines is 1. The van der Waals surface area contributed by atoms with Gasteiger partial charge in [0.15, 0.2) is 0 Å². The van der Waals surface area contributed by atoms with Crippen LogP contribution in [0.4, 0.5) is 5.69 Å². The minimum atomic E-state index is -0.416. The van der Waals surface area contributed by atoms with Gasteiger partial charge in [0.2, 0.25) is 5.91 Å². The van der Waals surface area contributed by atoms with E-state index >= 15 is 0 Å². The van der Waals surface area contributed by atoms with Gasteiger partial charge >= 0.3 is 5.97 Å². The van der Waals surface area contributed by atoms with E-state index in [1.54, 1.807) is 36.4 Å². The molecule has 0 radical (unpaired) electrons. The van der Waals surface area contributed by atoms with Gasteiger partial charge in [-0.15, -0.1) is 0 Å². The van der Waals surface area contributed by atoms with Gasteiger partial charge < -0.3 is 14.5 Å². The predicted molar refractivity (Wildman–Crippen MR) is 78.9 cm³/mol. The van der Waals surface area contributed by atoms with E-state index in [0.29, 0.717) is 17.0 Å². The zero-order chi connectivity index (χ0) is 15.2. The van der Waals surface area contributed by atoms with E-state index in [1.165, 1.54) is 13.2 Å². The second-order valence-electron chi connectivity index (χ2n) is 4.34. The SMILES string of the molecule is COC(=O)c1ccc(NC(=O)/C=C/c2ccc(C)o2)cc1. The smallest absolute Gasteiger partial charge is 0.337 e. The molecule has 1 amide bonds. The average Bonchev–Trinajstić information content (AvgIpc) is 2.91. The van der Waals surface area contributed by atoms with E-state index in [0.717, 1.165) is 5.76 Å². The first kappa shape index (κ1) is 14.6. The molecule has 0 aliphatic carbocycles. The van der Waals surface area contributed by atoms with Crippen LogP contribution < -0.4 is 5.32 Å². The Kier molecular flexibility index (Phi) is 4.56. The van der Waals surface area contributed by atoms with Crippen LogP contribution in [0.15, 0.2) is 46.9 Å². The lowest BCUT2D eigenvalue weighted by Gasteiger charge is -2.03. The molecule has 1 heterocycles. The van der Waals surface area contributed by atoms with E-state index in [9.17, 15) is 9.59 Å². The van der Waals surface area contributed by atoms with Gasteiger partial charge in [-0.2, -0.15) is 0 Å². The van der Waals surface area contributed by atoms with Crippen molar-refractivity contribution in [2.75, 3.05) is 12.4 Å². The molecule has 0 bridgehead atoms. The minimum Gasteiger partial charge on any atom is -0.465 e. The first-order valence-electron chi connectivity index (χ1n) is 6.32. The number of hydrogen-bond donors (Lipinski definition) is 1. The second kappa shape index (κ2) is 6.56. The van der Waals surface area contributed by atoms with E-state index in [4.69, 9.17) is 4.42 Å². The summed E-state index contributed by atoms with van der Waals surface area (Å²) in [6.45, 7) is 1.83. The third kappa shape index (κ3) is 4.07. The van der Waals surface area contributed by atoms with Gasteiger partial charge in [0.1, 0.15) is 11.5 Å². The van der Waals surface area contributed by atoms with E-state index in [1.807, 2.05) is 13.0 Å². The lowest BCUT2D eigenvalue weighted by molar-refractivity contribution is -0.111. The van der Waals surface area contributed by atoms with Crippen LogP contribution in [-0.2, 0) is 9.53 Å². The summed E-state index contributed by atoms with van der Waals surface area (Å²) in [6.07, 6.45) is 2.97. The zero-order valence-corrected chi connectivity index (χ0v) is 11.8. The molecular formula is C16H15NO4. The molecule has 0 saturated heterocycles. The molecule has 2 rings (SSSR count). The quantitative estimate of drug-likeness (QED) is 0.692. The first-order valence-corrected chi connectivity index (χ1v) is 6.32. The van der Waals surface area contributed by atoms with Crippen molar-refractivity contribution in [2.24, 2.45) is 0 Å². The van der Waals surface area contributed by atoms with E-state index in [2.05, 4.69) is 10.1 Å². The van der Waals surface area contributed by atoms with Gasteiger partial charge in [0, 0.05) is 11.8 Å². The molecule has 1 aromatic heterocycles. The number of rotatable bonds is 4. The van der Waals surface area contributed by atoms with Crippen LogP contribution in [-0.4, -0.2) is 19.0 Å². The highest BCUT2D eigenvalue weighted by Crippen LogP contribution is 2.11. The molecule has 5 nitrogen and oxygen atoms in total. The summed E-state index contributed by atoms with van der Waals surface area (Å²) in [4.78, 5) is 23.0. The maximum absolute atomic E-state index is 11.7. The van der Waals surface area contributed by atoms with Gasteiger partial charge in [-0.1, -0.05) is 0 Å². The largest absolute Gasteiger partial charge is 0.465 e. The molecule has 2 aromatic rings. The number of hydrogen-bond acceptors (Lipinski definition) is 4. The summed E-state index contributed by atoms with van der Waals surface area (Å²) in [5, 5.41) is 2.68. The standard InChI is InChI=1S/C16H15NO4/c1-11-3-8-14(21-11)9-10-15(18)17-13-6-4-12(5-7-13)16(19)20-2/h3-10H,1-2H3,(H,17,18)/b10-9+. The molecule has 1 N–H and O–H groups in total. The van der Waals surface area contributed by atoms with Crippen molar-refractivity contribution in [2.45, 2.75) is 6.92 Å². The van der Waals surface area contributed by atoms with Crippen molar-refractivity contribution in [1.82, 2.24) is 0 Å². The Balaban J connectivity index is 1.96. The molecule has 0 saturated carbocycles. The van der Waals surface area contributed by atoms with Crippen molar-refractivity contribution < 1.29 is 18.7 Å². The Bertz CT molecular complexity index is 668. The number of methoxy groups -OCH3 is 1. The summed E-state index contributed by atoms with van der Waals surface area (Å²) in [5.41, 5.74) is 1.02. The van der Waals surface area contributed by atoms with Gasteiger partial charge in [-0.25, -0.2) is 4.79 Å². The van der Waals surface area contributed by atoms with Crippen molar-refractivity contribution >= 4 is 23.6 Å². The summed E-state index contributed by atoms with van der Waals surface area (Å²) in [6, 6.07) is 10.0. The van der Waals surface area contributed by atoms with Crippen LogP contribution >= 0.6 is 0 Å². The molecule has 0 spiro atoms. The number of aryl methyl sites for hydroxylation is 1. The highest BCUT2D eigenvalue weighted by atomic mass is 16.5. The van der Waals surface area contributed by atoms with Crippen LogP contribution in [0.2, 0.25) is 0 Å². The number of amides is 1. The highest BCUT2D eigenvalue weighted by Gasteiger charge is 2.05. The number of benzene rings is 1. The summed E-state index contributed by atoms with van der Waals surface area (Å²) in [7, 11) is 1.32.